The minimum atomic E-state index is -0.00362. The van der Waals surface area contributed by atoms with Gasteiger partial charge in [-0.2, -0.15) is 0 Å². The lowest BCUT2D eigenvalue weighted by Crippen LogP contribution is -2.57. The van der Waals surface area contributed by atoms with E-state index in [0.29, 0.717) is 17.8 Å². The van der Waals surface area contributed by atoms with Crippen LogP contribution in [0, 0.1) is 47.3 Å². The second-order valence-corrected chi connectivity index (χ2v) is 8.18. The molecule has 5 aliphatic rings. The normalized spacial score (nSPS) is 60.0. The molecule has 1 spiro atoms. The van der Waals surface area contributed by atoms with Crippen molar-refractivity contribution in [2.45, 2.75) is 51.6 Å². The molecular formula is C17H24O2. The van der Waals surface area contributed by atoms with Crippen molar-refractivity contribution in [3.8, 4) is 0 Å². The monoisotopic (exact) mass is 260 g/mol. The lowest BCUT2D eigenvalue weighted by Gasteiger charge is -2.55. The standard InChI is InChI=1S/C17H24O2/c1-8-9(2)11-7-10(8)12-13(11)15-14(12)16(18)19-17(15)5-3-4-6-17/h8-15H,3-7H2,1-2H3. The number of carbonyl (C=O) groups is 1. The van der Waals surface area contributed by atoms with Crippen molar-refractivity contribution < 1.29 is 9.53 Å². The molecule has 0 radical (unpaired) electrons. The SMILES string of the molecule is CC1C(C)C2CC1C1C3C(=O)OC4(CCCC4)C3C21. The molecule has 4 aliphatic carbocycles. The average molecular weight is 260 g/mol. The lowest BCUT2D eigenvalue weighted by atomic mass is 9.46. The molecule has 2 nitrogen and oxygen atoms in total. The Morgan fingerprint density at radius 1 is 1.05 bits per heavy atom. The topological polar surface area (TPSA) is 26.3 Å². The molecule has 0 amide bonds. The fourth-order valence-electron chi connectivity index (χ4n) is 7.18. The van der Waals surface area contributed by atoms with Gasteiger partial charge in [0.15, 0.2) is 0 Å². The van der Waals surface area contributed by atoms with Gasteiger partial charge in [0.1, 0.15) is 5.60 Å². The summed E-state index contributed by atoms with van der Waals surface area (Å²) in [6.45, 7) is 4.88. The summed E-state index contributed by atoms with van der Waals surface area (Å²) in [7, 11) is 0. The molecule has 0 aromatic heterocycles. The van der Waals surface area contributed by atoms with E-state index < -0.39 is 0 Å². The Morgan fingerprint density at radius 3 is 2.37 bits per heavy atom. The van der Waals surface area contributed by atoms with Crippen LogP contribution in [0.25, 0.3) is 0 Å². The summed E-state index contributed by atoms with van der Waals surface area (Å²) in [6, 6.07) is 0. The summed E-state index contributed by atoms with van der Waals surface area (Å²) in [5, 5.41) is 0. The molecule has 8 atom stereocenters. The fourth-order valence-corrected chi connectivity index (χ4v) is 7.18. The zero-order chi connectivity index (χ0) is 12.9. The predicted octanol–water partition coefficient (Wildman–Crippen LogP) is 3.26. The van der Waals surface area contributed by atoms with Crippen LogP contribution >= 0.6 is 0 Å². The van der Waals surface area contributed by atoms with Crippen molar-refractivity contribution in [3.05, 3.63) is 0 Å². The van der Waals surface area contributed by atoms with Gasteiger partial charge in [-0.25, -0.2) is 0 Å². The predicted molar refractivity (Wildman–Crippen MR) is 71.2 cm³/mol. The van der Waals surface area contributed by atoms with Gasteiger partial charge in [-0.05, 0) is 67.6 Å². The van der Waals surface area contributed by atoms with Crippen molar-refractivity contribution in [2.24, 2.45) is 47.3 Å². The largest absolute Gasteiger partial charge is 0.459 e. The van der Waals surface area contributed by atoms with Gasteiger partial charge in [0, 0.05) is 5.92 Å². The number of fused-ring (bicyclic) bond motifs is 9. The molecular weight excluding hydrogens is 236 g/mol. The molecule has 5 fully saturated rings. The molecule has 2 bridgehead atoms. The number of rotatable bonds is 0. The van der Waals surface area contributed by atoms with Crippen molar-refractivity contribution in [1.82, 2.24) is 0 Å². The van der Waals surface area contributed by atoms with Crippen LogP contribution in [-0.2, 0) is 9.53 Å². The van der Waals surface area contributed by atoms with Gasteiger partial charge < -0.3 is 4.74 Å². The van der Waals surface area contributed by atoms with Gasteiger partial charge in [0.25, 0.3) is 0 Å². The molecule has 0 aromatic carbocycles. The molecule has 0 N–H and O–H groups in total. The Morgan fingerprint density at radius 2 is 1.68 bits per heavy atom. The summed E-state index contributed by atoms with van der Waals surface area (Å²) >= 11 is 0. The van der Waals surface area contributed by atoms with Crippen LogP contribution in [0.2, 0.25) is 0 Å². The van der Waals surface area contributed by atoms with Crippen LogP contribution in [0.1, 0.15) is 46.0 Å². The number of ether oxygens (including phenoxy) is 1. The zero-order valence-electron chi connectivity index (χ0n) is 12.0. The molecule has 5 rings (SSSR count). The van der Waals surface area contributed by atoms with Crippen LogP contribution in [0.5, 0.6) is 0 Å². The molecule has 1 aliphatic heterocycles. The maximum atomic E-state index is 12.4. The summed E-state index contributed by atoms with van der Waals surface area (Å²) in [4.78, 5) is 12.4. The fraction of sp³-hybridized carbons (Fsp3) is 0.941. The van der Waals surface area contributed by atoms with E-state index in [1.807, 2.05) is 0 Å². The average Bonchev–Trinajstić information content (AvgIpc) is 3.02. The van der Waals surface area contributed by atoms with Gasteiger partial charge >= 0.3 is 5.97 Å². The van der Waals surface area contributed by atoms with Crippen LogP contribution in [0.4, 0.5) is 0 Å². The van der Waals surface area contributed by atoms with Crippen LogP contribution < -0.4 is 0 Å². The maximum absolute atomic E-state index is 12.4. The molecule has 1 saturated heterocycles. The van der Waals surface area contributed by atoms with E-state index in [-0.39, 0.29) is 11.6 Å². The highest BCUT2D eigenvalue weighted by Gasteiger charge is 2.76. The summed E-state index contributed by atoms with van der Waals surface area (Å²) < 4.78 is 5.99. The number of carbonyl (C=O) groups excluding carboxylic acids is 1. The van der Waals surface area contributed by atoms with Crippen molar-refractivity contribution >= 4 is 5.97 Å². The number of hydrogen-bond donors (Lipinski definition) is 0. The third-order valence-electron chi connectivity index (χ3n) is 8.01. The molecule has 1 heterocycles. The number of hydrogen-bond acceptors (Lipinski definition) is 2. The van der Waals surface area contributed by atoms with Crippen LogP contribution in [-0.4, -0.2) is 11.6 Å². The van der Waals surface area contributed by atoms with Crippen LogP contribution in [0.15, 0.2) is 0 Å². The third kappa shape index (κ3) is 1.04. The zero-order valence-corrected chi connectivity index (χ0v) is 12.0. The third-order valence-corrected chi connectivity index (χ3v) is 8.01. The highest BCUT2D eigenvalue weighted by Crippen LogP contribution is 2.75. The molecule has 104 valence electrons. The van der Waals surface area contributed by atoms with E-state index in [2.05, 4.69) is 13.8 Å². The highest BCUT2D eigenvalue weighted by molar-refractivity contribution is 5.78. The first-order chi connectivity index (χ1) is 9.14. The minimum absolute atomic E-state index is 0.00362. The highest BCUT2D eigenvalue weighted by atomic mass is 16.6. The first-order valence-electron chi connectivity index (χ1n) is 8.37. The Hall–Kier alpha value is -0.530. The first-order valence-corrected chi connectivity index (χ1v) is 8.37. The summed E-state index contributed by atoms with van der Waals surface area (Å²) in [6.07, 6.45) is 6.27. The lowest BCUT2D eigenvalue weighted by molar-refractivity contribution is -0.151. The Labute approximate surface area is 115 Å². The second kappa shape index (κ2) is 3.20. The van der Waals surface area contributed by atoms with E-state index >= 15 is 0 Å². The smallest absolute Gasteiger partial charge is 0.310 e. The molecule has 19 heavy (non-hydrogen) atoms. The van der Waals surface area contributed by atoms with Gasteiger partial charge in [0.2, 0.25) is 0 Å². The van der Waals surface area contributed by atoms with Crippen LogP contribution in [0.3, 0.4) is 0 Å². The quantitative estimate of drug-likeness (QED) is 0.625. The molecule has 0 aromatic rings. The number of esters is 1. The summed E-state index contributed by atoms with van der Waals surface area (Å²) in [5.41, 5.74) is -0.00362. The van der Waals surface area contributed by atoms with Gasteiger partial charge in [-0.15, -0.1) is 0 Å². The van der Waals surface area contributed by atoms with E-state index in [4.69, 9.17) is 4.74 Å². The first kappa shape index (κ1) is 11.2. The van der Waals surface area contributed by atoms with Crippen molar-refractivity contribution in [2.75, 3.05) is 0 Å². The maximum Gasteiger partial charge on any atom is 0.310 e. The van der Waals surface area contributed by atoms with Gasteiger partial charge in [-0.1, -0.05) is 13.8 Å². The van der Waals surface area contributed by atoms with E-state index in [0.717, 1.165) is 42.4 Å². The van der Waals surface area contributed by atoms with Gasteiger partial charge in [-0.3, -0.25) is 4.79 Å². The van der Waals surface area contributed by atoms with Crippen molar-refractivity contribution in [3.63, 3.8) is 0 Å². The Bertz CT molecular complexity index is 450. The Kier molecular flexibility index (Phi) is 1.88. The minimum Gasteiger partial charge on any atom is -0.459 e. The second-order valence-electron chi connectivity index (χ2n) is 8.18. The van der Waals surface area contributed by atoms with E-state index in [9.17, 15) is 4.79 Å². The molecule has 2 heteroatoms. The Balaban J connectivity index is 1.55. The van der Waals surface area contributed by atoms with Crippen molar-refractivity contribution in [1.29, 1.82) is 0 Å². The summed E-state index contributed by atoms with van der Waals surface area (Å²) in [5.74, 6) is 6.07. The molecule has 8 unspecified atom stereocenters. The van der Waals surface area contributed by atoms with E-state index in [1.165, 1.54) is 19.3 Å². The van der Waals surface area contributed by atoms with E-state index in [1.54, 1.807) is 0 Å². The molecule has 4 saturated carbocycles. The van der Waals surface area contributed by atoms with Gasteiger partial charge in [0.05, 0.1) is 5.92 Å².